The first-order valence-corrected chi connectivity index (χ1v) is 7.39. The Morgan fingerprint density at radius 2 is 2.11 bits per heavy atom. The third-order valence-electron chi connectivity index (χ3n) is 3.17. The van der Waals surface area contributed by atoms with Crippen molar-refractivity contribution in [3.05, 3.63) is 45.9 Å². The number of nitrogens with zero attached hydrogens (tertiary/aromatic N) is 2. The molecule has 1 aromatic carbocycles. The van der Waals surface area contributed by atoms with Gasteiger partial charge in [-0.2, -0.15) is 0 Å². The molecular weight excluding hydrogens is 254 g/mol. The van der Waals surface area contributed by atoms with Crippen LogP contribution in [0, 0.1) is 6.92 Å². The van der Waals surface area contributed by atoms with Crippen molar-refractivity contribution >= 4 is 17.0 Å². The van der Waals surface area contributed by atoms with Crippen molar-refractivity contribution in [3.63, 3.8) is 0 Å². The van der Waals surface area contributed by atoms with Crippen LogP contribution in [0.1, 0.15) is 23.1 Å². The number of benzene rings is 1. The second kappa shape index (κ2) is 6.17. The summed E-state index contributed by atoms with van der Waals surface area (Å²) in [5.74, 6) is 0. The molecule has 0 aliphatic heterocycles. The molecule has 0 fully saturated rings. The molecule has 19 heavy (non-hydrogen) atoms. The maximum absolute atomic E-state index is 5.93. The van der Waals surface area contributed by atoms with Gasteiger partial charge in [-0.1, -0.05) is 18.2 Å². The van der Waals surface area contributed by atoms with Gasteiger partial charge in [-0.25, -0.2) is 4.98 Å². The minimum atomic E-state index is 0.180. The normalized spacial score (nSPS) is 12.4. The van der Waals surface area contributed by atoms with Gasteiger partial charge in [0.2, 0.25) is 0 Å². The summed E-state index contributed by atoms with van der Waals surface area (Å²) in [6.45, 7) is 5.00. The summed E-state index contributed by atoms with van der Waals surface area (Å²) < 4.78 is 0. The van der Waals surface area contributed by atoms with Crippen molar-refractivity contribution in [2.45, 2.75) is 32.9 Å². The summed E-state index contributed by atoms with van der Waals surface area (Å²) in [6.07, 6.45) is 0.905. The molecule has 2 aromatic rings. The molecule has 0 bridgehead atoms. The maximum Gasteiger partial charge on any atom is 0.0798 e. The van der Waals surface area contributed by atoms with E-state index in [1.54, 1.807) is 11.3 Å². The standard InChI is InChI=1S/C15H21N3S/c1-11(16)8-13-6-4-5-7-14(13)18(3)9-15-12(2)17-10-19-15/h4-7,10-11H,8-9,16H2,1-3H3. The number of aromatic nitrogens is 1. The van der Waals surface area contributed by atoms with E-state index in [2.05, 4.69) is 48.1 Å². The summed E-state index contributed by atoms with van der Waals surface area (Å²) in [6, 6.07) is 8.66. The topological polar surface area (TPSA) is 42.2 Å². The van der Waals surface area contributed by atoms with Crippen molar-refractivity contribution in [3.8, 4) is 0 Å². The zero-order chi connectivity index (χ0) is 13.8. The second-order valence-corrected chi connectivity index (χ2v) is 5.97. The molecule has 3 nitrogen and oxygen atoms in total. The van der Waals surface area contributed by atoms with Gasteiger partial charge in [-0.15, -0.1) is 11.3 Å². The average molecular weight is 275 g/mol. The predicted octanol–water partition coefficient (Wildman–Crippen LogP) is 2.98. The molecular formula is C15H21N3S. The van der Waals surface area contributed by atoms with Crippen molar-refractivity contribution < 1.29 is 0 Å². The number of para-hydroxylation sites is 1. The Morgan fingerprint density at radius 3 is 2.74 bits per heavy atom. The number of rotatable bonds is 5. The molecule has 0 radical (unpaired) electrons. The molecule has 2 rings (SSSR count). The van der Waals surface area contributed by atoms with Gasteiger partial charge in [0.25, 0.3) is 0 Å². The first-order chi connectivity index (χ1) is 9.08. The monoisotopic (exact) mass is 275 g/mol. The lowest BCUT2D eigenvalue weighted by molar-refractivity contribution is 0.734. The van der Waals surface area contributed by atoms with Crippen LogP contribution in [0.4, 0.5) is 5.69 Å². The van der Waals surface area contributed by atoms with Crippen LogP contribution in [-0.4, -0.2) is 18.1 Å². The van der Waals surface area contributed by atoms with Crippen LogP contribution in [0.15, 0.2) is 29.8 Å². The molecule has 0 amide bonds. The number of hydrogen-bond acceptors (Lipinski definition) is 4. The van der Waals surface area contributed by atoms with E-state index in [1.165, 1.54) is 16.1 Å². The van der Waals surface area contributed by atoms with E-state index in [1.807, 2.05) is 12.4 Å². The fourth-order valence-electron chi connectivity index (χ4n) is 2.18. The zero-order valence-electron chi connectivity index (χ0n) is 11.8. The molecule has 0 saturated carbocycles. The zero-order valence-corrected chi connectivity index (χ0v) is 12.6. The SMILES string of the molecule is Cc1ncsc1CN(C)c1ccccc1CC(C)N. The van der Waals surface area contributed by atoms with Crippen molar-refractivity contribution in [1.29, 1.82) is 0 Å². The molecule has 0 saturated heterocycles. The molecule has 1 heterocycles. The van der Waals surface area contributed by atoms with Gasteiger partial charge in [0.15, 0.2) is 0 Å². The highest BCUT2D eigenvalue weighted by Gasteiger charge is 2.11. The summed E-state index contributed by atoms with van der Waals surface area (Å²) in [5.41, 5.74) is 11.5. The highest BCUT2D eigenvalue weighted by atomic mass is 32.1. The Balaban J connectivity index is 2.19. The van der Waals surface area contributed by atoms with E-state index >= 15 is 0 Å². The second-order valence-electron chi connectivity index (χ2n) is 5.03. The third-order valence-corrected chi connectivity index (χ3v) is 4.09. The average Bonchev–Trinajstić information content (AvgIpc) is 2.75. The molecule has 0 aliphatic carbocycles. The smallest absolute Gasteiger partial charge is 0.0798 e. The van der Waals surface area contributed by atoms with Crippen LogP contribution in [0.25, 0.3) is 0 Å². The molecule has 1 unspecified atom stereocenters. The van der Waals surface area contributed by atoms with Crippen molar-refractivity contribution in [1.82, 2.24) is 4.98 Å². The molecule has 1 aromatic heterocycles. The molecule has 2 N–H and O–H groups in total. The number of aryl methyl sites for hydroxylation is 1. The summed E-state index contributed by atoms with van der Waals surface area (Å²) in [7, 11) is 2.12. The number of hydrogen-bond donors (Lipinski definition) is 1. The van der Waals surface area contributed by atoms with Crippen LogP contribution in [0.5, 0.6) is 0 Å². The van der Waals surface area contributed by atoms with Crippen molar-refractivity contribution in [2.24, 2.45) is 5.73 Å². The van der Waals surface area contributed by atoms with E-state index in [4.69, 9.17) is 5.73 Å². The van der Waals surface area contributed by atoms with Gasteiger partial charge >= 0.3 is 0 Å². The van der Waals surface area contributed by atoms with Crippen LogP contribution >= 0.6 is 11.3 Å². The predicted molar refractivity (Wildman–Crippen MR) is 82.8 cm³/mol. The molecule has 4 heteroatoms. The molecule has 1 atom stereocenters. The van der Waals surface area contributed by atoms with Gasteiger partial charge in [0.1, 0.15) is 0 Å². The Kier molecular flexibility index (Phi) is 4.56. The van der Waals surface area contributed by atoms with Crippen molar-refractivity contribution in [2.75, 3.05) is 11.9 Å². The van der Waals surface area contributed by atoms with Crippen LogP contribution in [-0.2, 0) is 13.0 Å². The summed E-state index contributed by atoms with van der Waals surface area (Å²) in [4.78, 5) is 7.90. The summed E-state index contributed by atoms with van der Waals surface area (Å²) >= 11 is 1.71. The van der Waals surface area contributed by atoms with Crippen LogP contribution in [0.2, 0.25) is 0 Å². The van der Waals surface area contributed by atoms with E-state index in [9.17, 15) is 0 Å². The number of anilines is 1. The van der Waals surface area contributed by atoms with E-state index in [-0.39, 0.29) is 6.04 Å². The lowest BCUT2D eigenvalue weighted by atomic mass is 10.0. The Morgan fingerprint density at radius 1 is 1.37 bits per heavy atom. The minimum Gasteiger partial charge on any atom is -0.369 e. The lowest BCUT2D eigenvalue weighted by Gasteiger charge is -2.23. The van der Waals surface area contributed by atoms with Gasteiger partial charge in [0.05, 0.1) is 17.7 Å². The molecule has 0 aliphatic rings. The van der Waals surface area contributed by atoms with E-state index < -0.39 is 0 Å². The van der Waals surface area contributed by atoms with Crippen LogP contribution < -0.4 is 10.6 Å². The number of thiazole rings is 1. The highest BCUT2D eigenvalue weighted by molar-refractivity contribution is 7.09. The number of nitrogens with two attached hydrogens (primary N) is 1. The van der Waals surface area contributed by atoms with Gasteiger partial charge in [-0.3, -0.25) is 0 Å². The molecule has 102 valence electrons. The van der Waals surface area contributed by atoms with E-state index in [0.29, 0.717) is 0 Å². The fourth-order valence-corrected chi connectivity index (χ4v) is 3.01. The molecule has 0 spiro atoms. The lowest BCUT2D eigenvalue weighted by Crippen LogP contribution is -2.22. The Hall–Kier alpha value is -1.39. The van der Waals surface area contributed by atoms with Gasteiger partial charge in [-0.05, 0) is 31.9 Å². The maximum atomic E-state index is 5.93. The Bertz CT molecular complexity index is 534. The van der Waals surface area contributed by atoms with E-state index in [0.717, 1.165) is 18.7 Å². The highest BCUT2D eigenvalue weighted by Crippen LogP contribution is 2.24. The van der Waals surface area contributed by atoms with Crippen LogP contribution in [0.3, 0.4) is 0 Å². The fraction of sp³-hybridized carbons (Fsp3) is 0.400. The first kappa shape index (κ1) is 14.0. The van der Waals surface area contributed by atoms with Gasteiger partial charge in [0, 0.05) is 23.7 Å². The van der Waals surface area contributed by atoms with Gasteiger partial charge < -0.3 is 10.6 Å². The third kappa shape index (κ3) is 3.55. The minimum absolute atomic E-state index is 0.180. The quantitative estimate of drug-likeness (QED) is 0.912. The largest absolute Gasteiger partial charge is 0.369 e. The first-order valence-electron chi connectivity index (χ1n) is 6.51. The Labute approximate surface area is 119 Å². The summed E-state index contributed by atoms with van der Waals surface area (Å²) in [5, 5.41) is 0.